The normalized spacial score (nSPS) is 26.6. The van der Waals surface area contributed by atoms with Crippen molar-refractivity contribution in [1.82, 2.24) is 30.5 Å². The van der Waals surface area contributed by atoms with Crippen molar-refractivity contribution < 1.29 is 9.21 Å². The highest BCUT2D eigenvalue weighted by Crippen LogP contribution is 2.39. The van der Waals surface area contributed by atoms with Crippen LogP contribution in [0.15, 0.2) is 22.8 Å². The first kappa shape index (κ1) is 14.2. The monoisotopic (exact) mass is 328 g/mol. The molecule has 1 aliphatic carbocycles. The highest BCUT2D eigenvalue weighted by Gasteiger charge is 2.37. The van der Waals surface area contributed by atoms with Gasteiger partial charge in [-0.3, -0.25) is 4.79 Å². The first-order valence-electron chi connectivity index (χ1n) is 8.55. The van der Waals surface area contributed by atoms with Gasteiger partial charge in [0.25, 0.3) is 0 Å². The number of furan rings is 1. The number of carbonyl (C=O) groups is 1. The predicted molar refractivity (Wildman–Crippen MR) is 83.5 cm³/mol. The summed E-state index contributed by atoms with van der Waals surface area (Å²) in [7, 11) is 0. The SMILES string of the molecule is O=C(C1CC(c2ccco2)NN1)N1CCn2c(nnc2C2CC2)C1. The van der Waals surface area contributed by atoms with Crippen LogP contribution in [0.3, 0.4) is 0 Å². The van der Waals surface area contributed by atoms with Crippen molar-refractivity contribution in [2.45, 2.75) is 50.4 Å². The minimum Gasteiger partial charge on any atom is -0.468 e. The standard InChI is InChI=1S/C16H20N6O2/c23-16(12-8-11(17-18-12)13-2-1-7-24-13)21-5-6-22-14(9-21)19-20-15(22)10-3-4-10/h1-2,7,10-12,17-18H,3-6,8-9H2. The Hall–Kier alpha value is -2.19. The first-order chi connectivity index (χ1) is 11.8. The summed E-state index contributed by atoms with van der Waals surface area (Å²) >= 11 is 0. The molecule has 2 aromatic rings. The molecule has 2 N–H and O–H groups in total. The number of hydrazine groups is 1. The number of carbonyl (C=O) groups excluding carboxylic acids is 1. The summed E-state index contributed by atoms with van der Waals surface area (Å²) in [6.07, 6.45) is 4.77. The van der Waals surface area contributed by atoms with Gasteiger partial charge in [0.2, 0.25) is 5.91 Å². The van der Waals surface area contributed by atoms with Crippen LogP contribution in [0, 0.1) is 0 Å². The van der Waals surface area contributed by atoms with Gasteiger partial charge in [-0.25, -0.2) is 10.9 Å². The molecular weight excluding hydrogens is 308 g/mol. The number of hydrogen-bond donors (Lipinski definition) is 2. The van der Waals surface area contributed by atoms with Gasteiger partial charge in [0.05, 0.1) is 18.8 Å². The van der Waals surface area contributed by atoms with E-state index in [1.54, 1.807) is 6.26 Å². The number of nitrogens with zero attached hydrogens (tertiary/aromatic N) is 4. The Kier molecular flexibility index (Phi) is 3.20. The van der Waals surface area contributed by atoms with Crippen LogP contribution < -0.4 is 10.9 Å². The molecule has 126 valence electrons. The Balaban J connectivity index is 1.26. The molecule has 0 spiro atoms. The van der Waals surface area contributed by atoms with Crippen LogP contribution >= 0.6 is 0 Å². The largest absolute Gasteiger partial charge is 0.468 e. The Bertz CT molecular complexity index is 751. The molecular formula is C16H20N6O2. The zero-order chi connectivity index (χ0) is 16.1. The third kappa shape index (κ3) is 2.33. The number of amides is 1. The number of nitrogens with one attached hydrogen (secondary N) is 2. The molecule has 2 unspecified atom stereocenters. The topological polar surface area (TPSA) is 88.2 Å². The van der Waals surface area contributed by atoms with Crippen molar-refractivity contribution in [3.63, 3.8) is 0 Å². The summed E-state index contributed by atoms with van der Waals surface area (Å²) in [6, 6.07) is 3.58. The van der Waals surface area contributed by atoms with Crippen molar-refractivity contribution in [3.05, 3.63) is 35.8 Å². The Morgan fingerprint density at radius 3 is 2.96 bits per heavy atom. The number of fused-ring (bicyclic) bond motifs is 1. The quantitative estimate of drug-likeness (QED) is 0.862. The fraction of sp³-hybridized carbons (Fsp3) is 0.562. The lowest BCUT2D eigenvalue weighted by atomic mass is 10.1. The van der Waals surface area contributed by atoms with Gasteiger partial charge in [-0.2, -0.15) is 0 Å². The maximum atomic E-state index is 12.8. The van der Waals surface area contributed by atoms with Gasteiger partial charge in [-0.1, -0.05) is 0 Å². The second-order valence-corrected chi connectivity index (χ2v) is 6.81. The molecule has 5 rings (SSSR count). The van der Waals surface area contributed by atoms with Crippen LogP contribution in [0.2, 0.25) is 0 Å². The van der Waals surface area contributed by atoms with Gasteiger partial charge in [-0.05, 0) is 31.4 Å². The number of hydrogen-bond acceptors (Lipinski definition) is 6. The summed E-state index contributed by atoms with van der Waals surface area (Å²) in [5.41, 5.74) is 6.26. The van der Waals surface area contributed by atoms with Crippen LogP contribution in [0.5, 0.6) is 0 Å². The van der Waals surface area contributed by atoms with E-state index in [1.807, 2.05) is 17.0 Å². The number of rotatable bonds is 3. The van der Waals surface area contributed by atoms with Crippen LogP contribution in [0.4, 0.5) is 0 Å². The van der Waals surface area contributed by atoms with Crippen molar-refractivity contribution in [2.75, 3.05) is 6.54 Å². The summed E-state index contributed by atoms with van der Waals surface area (Å²) in [6.45, 7) is 2.05. The highest BCUT2D eigenvalue weighted by atomic mass is 16.3. The van der Waals surface area contributed by atoms with Crippen molar-refractivity contribution in [3.8, 4) is 0 Å². The van der Waals surface area contributed by atoms with E-state index in [4.69, 9.17) is 4.42 Å². The van der Waals surface area contributed by atoms with Crippen LogP contribution in [-0.4, -0.2) is 38.2 Å². The summed E-state index contributed by atoms with van der Waals surface area (Å²) in [5.74, 6) is 3.56. The third-order valence-corrected chi connectivity index (χ3v) is 5.12. The maximum absolute atomic E-state index is 12.8. The van der Waals surface area contributed by atoms with E-state index >= 15 is 0 Å². The molecule has 4 heterocycles. The molecule has 2 aliphatic heterocycles. The molecule has 1 saturated heterocycles. The molecule has 2 fully saturated rings. The lowest BCUT2D eigenvalue weighted by Gasteiger charge is -2.29. The molecule has 8 heteroatoms. The van der Waals surface area contributed by atoms with E-state index in [0.29, 0.717) is 25.4 Å². The Labute approximate surface area is 139 Å². The van der Waals surface area contributed by atoms with E-state index in [2.05, 4.69) is 25.6 Å². The molecule has 0 bridgehead atoms. The zero-order valence-electron chi connectivity index (χ0n) is 13.3. The van der Waals surface area contributed by atoms with E-state index in [0.717, 1.165) is 24.0 Å². The fourth-order valence-corrected chi connectivity index (χ4v) is 3.63. The lowest BCUT2D eigenvalue weighted by molar-refractivity contribution is -0.134. The first-order valence-corrected chi connectivity index (χ1v) is 8.55. The average molecular weight is 328 g/mol. The van der Waals surface area contributed by atoms with Gasteiger partial charge in [0, 0.05) is 19.0 Å². The van der Waals surface area contributed by atoms with E-state index in [9.17, 15) is 4.79 Å². The van der Waals surface area contributed by atoms with E-state index in [1.165, 1.54) is 12.8 Å². The van der Waals surface area contributed by atoms with E-state index < -0.39 is 0 Å². The lowest BCUT2D eigenvalue weighted by Crippen LogP contribution is -2.48. The van der Waals surface area contributed by atoms with Gasteiger partial charge in [0.1, 0.15) is 17.6 Å². The predicted octanol–water partition coefficient (Wildman–Crippen LogP) is 0.698. The molecule has 2 aromatic heterocycles. The second-order valence-electron chi connectivity index (χ2n) is 6.81. The van der Waals surface area contributed by atoms with Gasteiger partial charge in [-0.15, -0.1) is 10.2 Å². The molecule has 2 atom stereocenters. The molecule has 0 aromatic carbocycles. The van der Waals surface area contributed by atoms with Crippen molar-refractivity contribution >= 4 is 5.91 Å². The van der Waals surface area contributed by atoms with Gasteiger partial charge < -0.3 is 13.9 Å². The van der Waals surface area contributed by atoms with Gasteiger partial charge in [0.15, 0.2) is 5.82 Å². The molecule has 1 amide bonds. The van der Waals surface area contributed by atoms with Crippen LogP contribution in [0.1, 0.15) is 48.6 Å². The maximum Gasteiger partial charge on any atom is 0.241 e. The molecule has 8 nitrogen and oxygen atoms in total. The fourth-order valence-electron chi connectivity index (χ4n) is 3.63. The summed E-state index contributed by atoms with van der Waals surface area (Å²) in [5, 5.41) is 8.63. The minimum atomic E-state index is -0.238. The minimum absolute atomic E-state index is 0.0314. The van der Waals surface area contributed by atoms with Crippen LogP contribution in [0.25, 0.3) is 0 Å². The molecule has 24 heavy (non-hydrogen) atoms. The van der Waals surface area contributed by atoms with Gasteiger partial charge >= 0.3 is 0 Å². The second kappa shape index (κ2) is 5.42. The smallest absolute Gasteiger partial charge is 0.241 e. The van der Waals surface area contributed by atoms with Crippen molar-refractivity contribution in [1.29, 1.82) is 0 Å². The molecule has 3 aliphatic rings. The number of aromatic nitrogens is 3. The summed E-state index contributed by atoms with van der Waals surface area (Å²) in [4.78, 5) is 14.7. The third-order valence-electron chi connectivity index (χ3n) is 5.12. The average Bonchev–Trinajstić information content (AvgIpc) is 3.06. The summed E-state index contributed by atoms with van der Waals surface area (Å²) < 4.78 is 7.62. The Morgan fingerprint density at radius 2 is 2.17 bits per heavy atom. The Morgan fingerprint density at radius 1 is 1.25 bits per heavy atom. The highest BCUT2D eigenvalue weighted by molar-refractivity contribution is 5.82. The van der Waals surface area contributed by atoms with Crippen LogP contribution in [-0.2, 0) is 17.9 Å². The molecule has 0 radical (unpaired) electrons. The van der Waals surface area contributed by atoms with Crippen molar-refractivity contribution in [2.24, 2.45) is 0 Å². The van der Waals surface area contributed by atoms with E-state index in [-0.39, 0.29) is 18.0 Å². The zero-order valence-corrected chi connectivity index (χ0v) is 13.3. The molecule has 1 saturated carbocycles.